The van der Waals surface area contributed by atoms with Crippen molar-refractivity contribution in [2.24, 2.45) is 0 Å². The lowest BCUT2D eigenvalue weighted by atomic mass is 9.96. The summed E-state index contributed by atoms with van der Waals surface area (Å²) >= 11 is 0. The van der Waals surface area contributed by atoms with E-state index in [0.717, 1.165) is 5.69 Å². The molecule has 0 fully saturated rings. The average molecular weight is 815 g/mol. The molecular weight excluding hydrogens is 777 g/mol. The molecule has 10 aromatic carbocycles. The first-order valence-electron chi connectivity index (χ1n) is 21.9. The first kappa shape index (κ1) is 34.7. The fraction of sp³-hybridized carbons (Fsp3) is 0. The molecule has 2 aliphatic rings. The van der Waals surface area contributed by atoms with Gasteiger partial charge in [-0.1, -0.05) is 170 Å². The molecule has 12 aromatic rings. The van der Waals surface area contributed by atoms with Crippen LogP contribution < -0.4 is 20.7 Å². The highest BCUT2D eigenvalue weighted by atomic mass is 28.3. The number of hydrogen-bond acceptors (Lipinski definition) is 0. The van der Waals surface area contributed by atoms with Gasteiger partial charge in [-0.15, -0.1) is 0 Å². The van der Waals surface area contributed by atoms with Crippen molar-refractivity contribution < 1.29 is 0 Å². The maximum absolute atomic E-state index is 2.55. The van der Waals surface area contributed by atoms with Gasteiger partial charge < -0.3 is 9.13 Å². The van der Waals surface area contributed by atoms with E-state index in [1.807, 2.05) is 0 Å². The van der Waals surface area contributed by atoms with Crippen LogP contribution in [0.1, 0.15) is 0 Å². The van der Waals surface area contributed by atoms with Crippen LogP contribution in [-0.2, 0) is 0 Å². The Labute approximate surface area is 366 Å². The van der Waals surface area contributed by atoms with E-state index in [1.54, 1.807) is 0 Å². The average Bonchev–Trinajstić information content (AvgIpc) is 4.06. The van der Waals surface area contributed by atoms with E-state index in [2.05, 4.69) is 240 Å². The van der Waals surface area contributed by atoms with Gasteiger partial charge in [0.2, 0.25) is 0 Å². The molecule has 3 heteroatoms. The predicted molar refractivity (Wildman–Crippen MR) is 268 cm³/mol. The Kier molecular flexibility index (Phi) is 7.17. The molecule has 292 valence electrons. The van der Waals surface area contributed by atoms with Crippen LogP contribution in [0.5, 0.6) is 0 Å². The lowest BCUT2D eigenvalue weighted by Gasteiger charge is -2.28. The molecular formula is C60H38N2Si. The van der Waals surface area contributed by atoms with E-state index in [-0.39, 0.29) is 0 Å². The fourth-order valence-corrected chi connectivity index (χ4v) is 17.1. The zero-order chi connectivity index (χ0) is 41.2. The predicted octanol–water partition coefficient (Wildman–Crippen LogP) is 12.6. The second-order valence-corrected chi connectivity index (χ2v) is 20.9. The van der Waals surface area contributed by atoms with Gasteiger partial charge in [-0.25, -0.2) is 0 Å². The van der Waals surface area contributed by atoms with Crippen LogP contribution in [0.4, 0.5) is 0 Å². The summed E-state index contributed by atoms with van der Waals surface area (Å²) in [5.41, 5.74) is 17.6. The van der Waals surface area contributed by atoms with Gasteiger partial charge in [0.15, 0.2) is 8.07 Å². The Morgan fingerprint density at radius 3 is 1.21 bits per heavy atom. The molecule has 0 radical (unpaired) electrons. The largest absolute Gasteiger partial charge is 0.309 e. The zero-order valence-corrected chi connectivity index (χ0v) is 35.3. The van der Waals surface area contributed by atoms with E-state index in [0.29, 0.717) is 0 Å². The molecule has 0 atom stereocenters. The fourth-order valence-electron chi connectivity index (χ4n) is 11.5. The molecule has 1 spiro atoms. The monoisotopic (exact) mass is 814 g/mol. The molecule has 4 heterocycles. The van der Waals surface area contributed by atoms with Crippen molar-refractivity contribution in [2.75, 3.05) is 0 Å². The maximum atomic E-state index is 2.49. The van der Waals surface area contributed by atoms with Crippen LogP contribution in [0.25, 0.3) is 99.5 Å². The molecule has 2 aliphatic heterocycles. The SMILES string of the molecule is c1ccc(-c2ccc3c(c2)-c2cc(-c4ccc(-n5c6ccccc6c6cc(-n7c8ccccc8c8ccccc87)ccc65)cc4)ccc2[Si]32c3ccccc3-c3ccccc32)cc1. The lowest BCUT2D eigenvalue weighted by molar-refractivity contribution is 1.17. The summed E-state index contributed by atoms with van der Waals surface area (Å²) in [5, 5.41) is 11.0. The molecule has 2 aromatic heterocycles. The summed E-state index contributed by atoms with van der Waals surface area (Å²) in [6, 6.07) is 86.4. The van der Waals surface area contributed by atoms with Crippen LogP contribution >= 0.6 is 0 Å². The van der Waals surface area contributed by atoms with Gasteiger partial charge >= 0.3 is 0 Å². The van der Waals surface area contributed by atoms with Crippen LogP contribution in [0.2, 0.25) is 0 Å². The number of rotatable bonds is 4. The van der Waals surface area contributed by atoms with E-state index in [1.165, 1.54) is 115 Å². The third kappa shape index (κ3) is 4.72. The van der Waals surface area contributed by atoms with Crippen LogP contribution in [-0.4, -0.2) is 17.2 Å². The Hall–Kier alpha value is -7.98. The molecule has 0 aliphatic carbocycles. The third-order valence-corrected chi connectivity index (χ3v) is 19.1. The first-order chi connectivity index (χ1) is 31.3. The van der Waals surface area contributed by atoms with Gasteiger partial charge in [-0.3, -0.25) is 0 Å². The van der Waals surface area contributed by atoms with Gasteiger partial charge in [-0.05, 0) is 126 Å². The summed E-state index contributed by atoms with van der Waals surface area (Å²) < 4.78 is 4.84. The Balaban J connectivity index is 0.911. The van der Waals surface area contributed by atoms with E-state index in [9.17, 15) is 0 Å². The molecule has 0 saturated heterocycles. The van der Waals surface area contributed by atoms with Crippen LogP contribution in [0.15, 0.2) is 231 Å². The van der Waals surface area contributed by atoms with E-state index >= 15 is 0 Å². The summed E-state index contributed by atoms with van der Waals surface area (Å²) in [4.78, 5) is 0. The topological polar surface area (TPSA) is 9.86 Å². The number of fused-ring (bicyclic) bond motifs is 16. The zero-order valence-electron chi connectivity index (χ0n) is 34.3. The number of para-hydroxylation sites is 3. The minimum Gasteiger partial charge on any atom is -0.309 e. The quantitative estimate of drug-likeness (QED) is 0.157. The van der Waals surface area contributed by atoms with Crippen molar-refractivity contribution in [3.63, 3.8) is 0 Å². The van der Waals surface area contributed by atoms with Gasteiger partial charge in [0.05, 0.1) is 22.1 Å². The number of hydrogen-bond donors (Lipinski definition) is 0. The highest BCUT2D eigenvalue weighted by Crippen LogP contribution is 2.41. The minimum atomic E-state index is -2.55. The number of benzene rings is 10. The summed E-state index contributed by atoms with van der Waals surface area (Å²) in [5.74, 6) is 0. The molecule has 0 bridgehead atoms. The van der Waals surface area contributed by atoms with Crippen molar-refractivity contribution in [3.8, 4) is 55.9 Å². The molecule has 2 nitrogen and oxygen atoms in total. The molecule has 14 rings (SSSR count). The summed E-state index contributed by atoms with van der Waals surface area (Å²) in [6.45, 7) is 0. The Bertz CT molecular complexity index is 3750. The first-order valence-corrected chi connectivity index (χ1v) is 23.9. The maximum Gasteiger partial charge on any atom is 0.182 e. The Morgan fingerprint density at radius 1 is 0.238 bits per heavy atom. The van der Waals surface area contributed by atoms with Gasteiger partial charge in [-0.2, -0.15) is 0 Å². The molecule has 0 unspecified atom stereocenters. The van der Waals surface area contributed by atoms with Crippen molar-refractivity contribution in [2.45, 2.75) is 0 Å². The van der Waals surface area contributed by atoms with Gasteiger partial charge in [0.25, 0.3) is 0 Å². The number of nitrogens with zero attached hydrogens (tertiary/aromatic N) is 2. The van der Waals surface area contributed by atoms with E-state index < -0.39 is 8.07 Å². The highest BCUT2D eigenvalue weighted by Gasteiger charge is 2.53. The second kappa shape index (κ2) is 13.0. The highest BCUT2D eigenvalue weighted by molar-refractivity contribution is 7.24. The van der Waals surface area contributed by atoms with Gasteiger partial charge in [0, 0.05) is 32.9 Å². The van der Waals surface area contributed by atoms with Crippen LogP contribution in [0.3, 0.4) is 0 Å². The molecule has 0 saturated carbocycles. The normalized spacial score (nSPS) is 13.2. The standard InChI is InChI=1S/C60H38N2Si/c1-2-14-39(15-3-1)41-28-34-59-51(36-41)52-37-42(29-35-60(52)63(59)57-24-12-7-19-48(57)49-20-8-13-25-58(49)63)40-26-30-43(31-27-40)61-55-23-11-6-18-47(55)50-38-44(32-33-56(50)61)62-53-21-9-4-16-45(53)46-17-5-10-22-54(46)62/h1-38H. The van der Waals surface area contributed by atoms with Gasteiger partial charge in [0.1, 0.15) is 0 Å². The van der Waals surface area contributed by atoms with Crippen molar-refractivity contribution in [1.29, 1.82) is 0 Å². The van der Waals surface area contributed by atoms with E-state index in [4.69, 9.17) is 0 Å². The second-order valence-electron chi connectivity index (χ2n) is 17.2. The summed E-state index contributed by atoms with van der Waals surface area (Å²) in [7, 11) is -2.55. The van der Waals surface area contributed by atoms with Crippen LogP contribution in [0, 0.1) is 0 Å². The lowest BCUT2D eigenvalue weighted by Crippen LogP contribution is -2.70. The number of aromatic nitrogens is 2. The van der Waals surface area contributed by atoms with Crippen molar-refractivity contribution >= 4 is 72.4 Å². The molecule has 63 heavy (non-hydrogen) atoms. The van der Waals surface area contributed by atoms with Crippen molar-refractivity contribution in [3.05, 3.63) is 231 Å². The molecule has 0 amide bonds. The van der Waals surface area contributed by atoms with Crippen molar-refractivity contribution in [1.82, 2.24) is 9.13 Å². The smallest absolute Gasteiger partial charge is 0.182 e. The minimum absolute atomic E-state index is 1.15. The molecule has 0 N–H and O–H groups in total. The Morgan fingerprint density at radius 2 is 0.635 bits per heavy atom. The third-order valence-electron chi connectivity index (χ3n) is 14.2. The summed E-state index contributed by atoms with van der Waals surface area (Å²) in [6.07, 6.45) is 0.